The molecule has 2 aliphatic heterocycles. The van der Waals surface area contributed by atoms with E-state index in [1.165, 1.54) is 0 Å². The normalized spacial score (nSPS) is 50.4. The molecule has 1 aromatic carbocycles. The molecule has 0 amide bonds. The maximum atomic E-state index is 10.4. The number of ether oxygens (including phenoxy) is 3. The van der Waals surface area contributed by atoms with E-state index in [-0.39, 0.29) is 27.5 Å². The molecule has 1 aromatic rings. The van der Waals surface area contributed by atoms with Crippen molar-refractivity contribution in [3.8, 4) is 5.75 Å². The van der Waals surface area contributed by atoms with E-state index in [4.69, 9.17) is 47.2 Å². The molecule has 0 aromatic heterocycles. The van der Waals surface area contributed by atoms with Gasteiger partial charge in [-0.25, -0.2) is 4.89 Å². The smallest absolute Gasteiger partial charge is 0.260 e. The van der Waals surface area contributed by atoms with Crippen LogP contribution in [0.25, 0.3) is 0 Å². The van der Waals surface area contributed by atoms with Gasteiger partial charge < -0.3 is 34.6 Å². The number of hydrogen-bond donors (Lipinski definition) is 4. The zero-order valence-corrected chi connectivity index (χ0v) is 20.7. The predicted octanol–water partition coefficient (Wildman–Crippen LogP) is 1.84. The topological polar surface area (TPSA) is 127 Å². The van der Waals surface area contributed by atoms with Gasteiger partial charge in [0.25, 0.3) is 5.79 Å². The molecule has 8 atom stereocenters. The van der Waals surface area contributed by atoms with E-state index in [2.05, 4.69) is 0 Å². The molecule has 6 fully saturated rings. The molecule has 0 radical (unpaired) electrons. The van der Waals surface area contributed by atoms with Gasteiger partial charge in [0.1, 0.15) is 30.2 Å². The molecule has 4 saturated carbocycles. The average Bonchev–Trinajstić information content (AvgIpc) is 2.80. The molecule has 2 heterocycles. The molecule has 194 valence electrons. The van der Waals surface area contributed by atoms with Crippen LogP contribution in [0.5, 0.6) is 5.75 Å². The first-order chi connectivity index (χ1) is 16.7. The van der Waals surface area contributed by atoms with Gasteiger partial charge in [0, 0.05) is 17.5 Å². The van der Waals surface area contributed by atoms with Crippen LogP contribution in [-0.4, -0.2) is 75.3 Å². The van der Waals surface area contributed by atoms with E-state index in [1.54, 1.807) is 25.3 Å². The minimum absolute atomic E-state index is 0.160. The lowest BCUT2D eigenvalue weighted by molar-refractivity contribution is -0.645. The molecule has 4 aliphatic carbocycles. The first-order valence-electron chi connectivity index (χ1n) is 12.0. The Kier molecular flexibility index (Phi) is 5.90. The van der Waals surface area contributed by atoms with Gasteiger partial charge in [-0.05, 0) is 62.0 Å². The summed E-state index contributed by atoms with van der Waals surface area (Å²) in [5.41, 5.74) is -0.0583. The summed E-state index contributed by atoms with van der Waals surface area (Å²) in [5.74, 6) is -0.116. The molecule has 2 saturated heterocycles. The van der Waals surface area contributed by atoms with Gasteiger partial charge >= 0.3 is 0 Å². The summed E-state index contributed by atoms with van der Waals surface area (Å²) in [6.07, 6.45) is -2.40. The van der Waals surface area contributed by atoms with Crippen LogP contribution in [0.2, 0.25) is 5.02 Å². The number of halogens is 2. The van der Waals surface area contributed by atoms with Crippen LogP contribution >= 0.6 is 23.2 Å². The Labute approximate surface area is 212 Å². The molecule has 4 N–H and O–H groups in total. The number of rotatable bonds is 5. The Morgan fingerprint density at radius 3 is 2.31 bits per heavy atom. The molecule has 7 rings (SSSR count). The highest BCUT2D eigenvalue weighted by Gasteiger charge is 2.78. The van der Waals surface area contributed by atoms with Gasteiger partial charge in [0.2, 0.25) is 6.29 Å². The fraction of sp³-hybridized carbons (Fsp3) is 0.750. The Morgan fingerprint density at radius 2 is 1.74 bits per heavy atom. The third kappa shape index (κ3) is 3.37. The number of alkyl halides is 1. The number of aliphatic hydroxyl groups is 4. The van der Waals surface area contributed by atoms with Crippen LogP contribution in [0.1, 0.15) is 37.7 Å². The molecule has 35 heavy (non-hydrogen) atoms. The summed E-state index contributed by atoms with van der Waals surface area (Å²) in [6, 6.07) is 5.07. The predicted molar refractivity (Wildman–Crippen MR) is 122 cm³/mol. The number of hydrogen-bond acceptors (Lipinski definition) is 9. The summed E-state index contributed by atoms with van der Waals surface area (Å²) in [7, 11) is 1.58. The van der Waals surface area contributed by atoms with Crippen molar-refractivity contribution in [2.24, 2.45) is 17.8 Å². The second-order valence-electron chi connectivity index (χ2n) is 10.7. The van der Waals surface area contributed by atoms with Gasteiger partial charge in [0.05, 0.1) is 11.6 Å². The highest BCUT2D eigenvalue weighted by Crippen LogP contribution is 2.71. The van der Waals surface area contributed by atoms with E-state index < -0.39 is 48.7 Å². The zero-order chi connectivity index (χ0) is 24.8. The van der Waals surface area contributed by atoms with Crippen molar-refractivity contribution in [2.75, 3.05) is 13.7 Å². The second kappa shape index (κ2) is 8.39. The zero-order valence-electron chi connectivity index (χ0n) is 19.2. The molecule has 3 unspecified atom stereocenters. The lowest BCUT2D eigenvalue weighted by Gasteiger charge is -2.70. The van der Waals surface area contributed by atoms with Crippen LogP contribution in [0.3, 0.4) is 0 Å². The first kappa shape index (κ1) is 24.6. The molecule has 9 nitrogen and oxygen atoms in total. The highest BCUT2D eigenvalue weighted by atomic mass is 35.5. The largest absolute Gasteiger partial charge is 0.460 e. The molecular weight excluding hydrogens is 503 g/mol. The van der Waals surface area contributed by atoms with Crippen LogP contribution in [0, 0.1) is 17.8 Å². The summed E-state index contributed by atoms with van der Waals surface area (Å²) in [6.45, 7) is -0.565. The molecular formula is C24H30Cl2O9. The number of methoxy groups -OCH3 is 1. The van der Waals surface area contributed by atoms with Crippen molar-refractivity contribution in [1.82, 2.24) is 0 Å². The molecule has 6 aliphatic rings. The third-order valence-corrected chi connectivity index (χ3v) is 9.60. The summed E-state index contributed by atoms with van der Waals surface area (Å²) < 4.78 is 17.4. The maximum Gasteiger partial charge on any atom is 0.260 e. The van der Waals surface area contributed by atoms with E-state index in [0.29, 0.717) is 11.5 Å². The van der Waals surface area contributed by atoms with Crippen molar-refractivity contribution in [1.29, 1.82) is 0 Å². The Bertz CT molecular complexity index is 972. The van der Waals surface area contributed by atoms with Crippen LogP contribution in [-0.2, 0) is 25.0 Å². The Balaban J connectivity index is 1.32. The van der Waals surface area contributed by atoms with E-state index in [1.807, 2.05) is 0 Å². The van der Waals surface area contributed by atoms with E-state index in [9.17, 15) is 20.4 Å². The quantitative estimate of drug-likeness (QED) is 0.331. The number of aliphatic hydroxyl groups excluding tert-OH is 4. The monoisotopic (exact) mass is 532 g/mol. The minimum atomic E-state index is -1.57. The SMILES string of the molecule is COC1(c2ccc(Cl)c(O[C@@H]3O[C@H](CO)[C@H](O)[C@H](O)[C@H]3O)c2)OOC12C1CC3CC2CC(Cl)(C3)C1. The fourth-order valence-electron chi connectivity index (χ4n) is 7.43. The third-order valence-electron chi connectivity index (χ3n) is 8.83. The molecule has 1 spiro atoms. The lowest BCUT2D eigenvalue weighted by Crippen LogP contribution is -2.78. The van der Waals surface area contributed by atoms with Crippen molar-refractivity contribution in [2.45, 2.75) is 79.1 Å². The van der Waals surface area contributed by atoms with Crippen LogP contribution in [0.4, 0.5) is 0 Å². The average molecular weight is 533 g/mol. The highest BCUT2D eigenvalue weighted by molar-refractivity contribution is 6.32. The van der Waals surface area contributed by atoms with E-state index >= 15 is 0 Å². The van der Waals surface area contributed by atoms with E-state index in [0.717, 1.165) is 32.1 Å². The first-order valence-corrected chi connectivity index (χ1v) is 12.8. The van der Waals surface area contributed by atoms with Crippen LogP contribution in [0.15, 0.2) is 18.2 Å². The maximum absolute atomic E-state index is 10.4. The molecule has 11 heteroatoms. The van der Waals surface area contributed by atoms with Crippen molar-refractivity contribution < 1.29 is 44.4 Å². The van der Waals surface area contributed by atoms with Gasteiger partial charge in [-0.15, -0.1) is 11.6 Å². The van der Waals surface area contributed by atoms with Gasteiger partial charge in [-0.2, -0.15) is 4.89 Å². The Morgan fingerprint density at radius 1 is 1.03 bits per heavy atom. The van der Waals surface area contributed by atoms with Crippen LogP contribution < -0.4 is 4.74 Å². The number of benzene rings is 1. The second-order valence-corrected chi connectivity index (χ2v) is 11.9. The van der Waals surface area contributed by atoms with Gasteiger partial charge in [0.15, 0.2) is 5.60 Å². The standard InChI is InChI=1S/C24H30Cl2O9/c1-31-24(23(34-35-24)13-4-11-5-14(23)9-22(26,7-11)8-13)12-2-3-15(25)16(6-12)32-21-20(30)19(29)18(28)17(10-27)33-21/h2-3,6,11,13-14,17-21,27-30H,4-5,7-10H2,1H3/t11?,13?,14?,17-,18+,19+,20-,21-,22?,23?,24?/m1/s1. The summed E-state index contributed by atoms with van der Waals surface area (Å²) in [5, 5.41) is 40.3. The van der Waals surface area contributed by atoms with Crippen molar-refractivity contribution >= 4 is 23.2 Å². The Hall–Kier alpha value is -0.720. The van der Waals surface area contributed by atoms with Gasteiger partial charge in [-0.1, -0.05) is 17.7 Å². The fourth-order valence-corrected chi connectivity index (χ4v) is 8.18. The van der Waals surface area contributed by atoms with Gasteiger partial charge in [-0.3, -0.25) is 0 Å². The summed E-state index contributed by atoms with van der Waals surface area (Å²) >= 11 is 13.4. The minimum Gasteiger partial charge on any atom is -0.460 e. The van der Waals surface area contributed by atoms with Crippen molar-refractivity contribution in [3.63, 3.8) is 0 Å². The lowest BCUT2D eigenvalue weighted by atomic mass is 9.46. The summed E-state index contributed by atoms with van der Waals surface area (Å²) in [4.78, 5) is 11.6. The molecule has 4 bridgehead atoms. The van der Waals surface area contributed by atoms with Crippen molar-refractivity contribution in [3.05, 3.63) is 28.8 Å².